The number of carbonyl (C=O) groups is 1. The molecule has 0 saturated heterocycles. The summed E-state index contributed by atoms with van der Waals surface area (Å²) in [6.45, 7) is 4.38. The van der Waals surface area contributed by atoms with Gasteiger partial charge in [-0.1, -0.05) is 44.2 Å². The van der Waals surface area contributed by atoms with Crippen molar-refractivity contribution in [2.24, 2.45) is 11.8 Å². The van der Waals surface area contributed by atoms with Crippen LogP contribution in [0.1, 0.15) is 32.3 Å². The van der Waals surface area contributed by atoms with E-state index >= 15 is 0 Å². The maximum absolute atomic E-state index is 11.7. The van der Waals surface area contributed by atoms with Crippen LogP contribution in [0.5, 0.6) is 0 Å². The van der Waals surface area contributed by atoms with Crippen LogP contribution in [0, 0.1) is 23.2 Å². The molecule has 0 amide bonds. The zero-order valence-electron chi connectivity index (χ0n) is 10.9. The van der Waals surface area contributed by atoms with E-state index in [-0.39, 0.29) is 6.61 Å². The van der Waals surface area contributed by atoms with Crippen molar-refractivity contribution in [3.8, 4) is 6.07 Å². The van der Waals surface area contributed by atoms with Gasteiger partial charge in [0.05, 0.1) is 6.07 Å². The number of esters is 1. The molecule has 0 aliphatic rings. The molecule has 3 heteroatoms. The summed E-state index contributed by atoms with van der Waals surface area (Å²) in [6.07, 6.45) is 1.43. The first-order valence-corrected chi connectivity index (χ1v) is 6.23. The number of carbonyl (C=O) groups excluding carboxylic acids is 1. The number of nitriles is 1. The van der Waals surface area contributed by atoms with Crippen molar-refractivity contribution in [3.05, 3.63) is 35.9 Å². The van der Waals surface area contributed by atoms with Gasteiger partial charge in [0.15, 0.2) is 0 Å². The van der Waals surface area contributed by atoms with Crippen LogP contribution in [0.2, 0.25) is 0 Å². The summed E-state index contributed by atoms with van der Waals surface area (Å²) in [4.78, 5) is 11.7. The smallest absolute Gasteiger partial charge is 0.323 e. The average Bonchev–Trinajstić information content (AvgIpc) is 2.38. The van der Waals surface area contributed by atoms with Crippen molar-refractivity contribution in [3.63, 3.8) is 0 Å². The largest absolute Gasteiger partial charge is 0.460 e. The van der Waals surface area contributed by atoms with Crippen molar-refractivity contribution in [1.29, 1.82) is 5.26 Å². The van der Waals surface area contributed by atoms with E-state index in [2.05, 4.69) is 13.8 Å². The van der Waals surface area contributed by atoms with Crippen molar-refractivity contribution >= 4 is 5.97 Å². The predicted octanol–water partition coefficient (Wildman–Crippen LogP) is 3.31. The van der Waals surface area contributed by atoms with Gasteiger partial charge in [-0.2, -0.15) is 5.26 Å². The maximum atomic E-state index is 11.7. The second kappa shape index (κ2) is 7.50. The molecule has 0 N–H and O–H groups in total. The van der Waals surface area contributed by atoms with E-state index < -0.39 is 11.9 Å². The Labute approximate surface area is 108 Å². The minimum atomic E-state index is -0.642. The maximum Gasteiger partial charge on any atom is 0.323 e. The van der Waals surface area contributed by atoms with Crippen LogP contribution in [0.3, 0.4) is 0 Å². The summed E-state index contributed by atoms with van der Waals surface area (Å²) in [5, 5.41) is 8.96. The molecule has 0 spiro atoms. The fourth-order valence-corrected chi connectivity index (χ4v) is 1.56. The highest BCUT2D eigenvalue weighted by Gasteiger charge is 2.19. The lowest BCUT2D eigenvalue weighted by atomic mass is 9.99. The summed E-state index contributed by atoms with van der Waals surface area (Å²) in [7, 11) is 0. The zero-order chi connectivity index (χ0) is 13.4. The van der Waals surface area contributed by atoms with Gasteiger partial charge in [0, 0.05) is 0 Å². The molecule has 0 radical (unpaired) electrons. The van der Waals surface area contributed by atoms with Crippen molar-refractivity contribution < 1.29 is 9.53 Å². The quantitative estimate of drug-likeness (QED) is 0.722. The molecule has 0 saturated carbocycles. The van der Waals surface area contributed by atoms with Gasteiger partial charge in [-0.3, -0.25) is 4.79 Å². The molecule has 0 aromatic heterocycles. The summed E-state index contributed by atoms with van der Waals surface area (Å²) in [5.41, 5.74) is 0.936. The minimum Gasteiger partial charge on any atom is -0.460 e. The number of benzene rings is 1. The standard InChI is InChI=1S/C15H19NO2/c1-12(2)8-9-14(10-16)15(17)18-11-13-6-4-3-5-7-13/h3-7,12,14H,8-9,11H2,1-2H3. The average molecular weight is 245 g/mol. The van der Waals surface area contributed by atoms with Crippen LogP contribution in [0.4, 0.5) is 0 Å². The number of nitrogens with zero attached hydrogens (tertiary/aromatic N) is 1. The van der Waals surface area contributed by atoms with Crippen LogP contribution in [-0.4, -0.2) is 5.97 Å². The van der Waals surface area contributed by atoms with Gasteiger partial charge in [0.1, 0.15) is 12.5 Å². The lowest BCUT2D eigenvalue weighted by Gasteiger charge is -2.10. The van der Waals surface area contributed by atoms with Gasteiger partial charge in [0.2, 0.25) is 0 Å². The molecule has 0 fully saturated rings. The van der Waals surface area contributed by atoms with E-state index in [4.69, 9.17) is 10.00 Å². The van der Waals surface area contributed by atoms with Crippen LogP contribution in [0.15, 0.2) is 30.3 Å². The Balaban J connectivity index is 2.41. The van der Waals surface area contributed by atoms with Gasteiger partial charge in [-0.25, -0.2) is 0 Å². The predicted molar refractivity (Wildman–Crippen MR) is 69.4 cm³/mol. The lowest BCUT2D eigenvalue weighted by Crippen LogP contribution is -2.16. The lowest BCUT2D eigenvalue weighted by molar-refractivity contribution is -0.148. The Hall–Kier alpha value is -1.82. The van der Waals surface area contributed by atoms with Crippen LogP contribution < -0.4 is 0 Å². The first-order valence-electron chi connectivity index (χ1n) is 6.23. The van der Waals surface area contributed by atoms with Crippen LogP contribution in [-0.2, 0) is 16.1 Å². The summed E-state index contributed by atoms with van der Waals surface area (Å²) < 4.78 is 5.15. The number of hydrogen-bond acceptors (Lipinski definition) is 3. The second-order valence-corrected chi connectivity index (χ2v) is 4.75. The molecule has 1 atom stereocenters. The normalized spacial score (nSPS) is 11.9. The number of hydrogen-bond donors (Lipinski definition) is 0. The molecule has 96 valence electrons. The van der Waals surface area contributed by atoms with E-state index in [1.807, 2.05) is 36.4 Å². The van der Waals surface area contributed by atoms with Gasteiger partial charge in [0.25, 0.3) is 0 Å². The summed E-state index contributed by atoms with van der Waals surface area (Å²) in [6, 6.07) is 11.5. The van der Waals surface area contributed by atoms with Gasteiger partial charge in [-0.15, -0.1) is 0 Å². The highest BCUT2D eigenvalue weighted by Crippen LogP contribution is 2.14. The molecule has 1 aromatic carbocycles. The third kappa shape index (κ3) is 5.01. The molecule has 18 heavy (non-hydrogen) atoms. The van der Waals surface area contributed by atoms with E-state index in [0.717, 1.165) is 12.0 Å². The summed E-state index contributed by atoms with van der Waals surface area (Å²) in [5.74, 6) is -0.569. The van der Waals surface area contributed by atoms with Crippen LogP contribution >= 0.6 is 0 Å². The molecule has 1 aromatic rings. The fourth-order valence-electron chi connectivity index (χ4n) is 1.56. The van der Waals surface area contributed by atoms with Crippen LogP contribution in [0.25, 0.3) is 0 Å². The first kappa shape index (κ1) is 14.2. The third-order valence-electron chi connectivity index (χ3n) is 2.70. The molecule has 0 bridgehead atoms. The first-order chi connectivity index (χ1) is 8.63. The fraction of sp³-hybridized carbons (Fsp3) is 0.467. The van der Waals surface area contributed by atoms with Crippen molar-refractivity contribution in [1.82, 2.24) is 0 Å². The highest BCUT2D eigenvalue weighted by atomic mass is 16.5. The van der Waals surface area contributed by atoms with Gasteiger partial charge < -0.3 is 4.74 Å². The SMILES string of the molecule is CC(C)CCC(C#N)C(=O)OCc1ccccc1. The van der Waals surface area contributed by atoms with E-state index in [1.165, 1.54) is 0 Å². The molecule has 0 aliphatic heterocycles. The Kier molecular flexibility index (Phi) is 5.93. The Morgan fingerprint density at radius 2 is 1.94 bits per heavy atom. The van der Waals surface area contributed by atoms with E-state index in [0.29, 0.717) is 12.3 Å². The minimum absolute atomic E-state index is 0.236. The molecular weight excluding hydrogens is 226 g/mol. The van der Waals surface area contributed by atoms with Crippen molar-refractivity contribution in [2.75, 3.05) is 0 Å². The highest BCUT2D eigenvalue weighted by molar-refractivity contribution is 5.75. The second-order valence-electron chi connectivity index (χ2n) is 4.75. The Morgan fingerprint density at radius 3 is 2.50 bits per heavy atom. The molecular formula is C15H19NO2. The monoisotopic (exact) mass is 245 g/mol. The zero-order valence-corrected chi connectivity index (χ0v) is 10.9. The van der Waals surface area contributed by atoms with Gasteiger partial charge >= 0.3 is 5.97 Å². The molecule has 3 nitrogen and oxygen atoms in total. The van der Waals surface area contributed by atoms with Crippen molar-refractivity contribution in [2.45, 2.75) is 33.3 Å². The summed E-state index contributed by atoms with van der Waals surface area (Å²) >= 11 is 0. The third-order valence-corrected chi connectivity index (χ3v) is 2.70. The van der Waals surface area contributed by atoms with E-state index in [1.54, 1.807) is 0 Å². The number of rotatable bonds is 6. The Morgan fingerprint density at radius 1 is 1.28 bits per heavy atom. The molecule has 1 unspecified atom stereocenters. The molecule has 0 heterocycles. The topological polar surface area (TPSA) is 50.1 Å². The molecule has 1 rings (SSSR count). The number of ether oxygens (including phenoxy) is 1. The van der Waals surface area contributed by atoms with E-state index in [9.17, 15) is 4.79 Å². The Bertz CT molecular complexity index is 406. The van der Waals surface area contributed by atoms with Gasteiger partial charge in [-0.05, 0) is 24.3 Å². The molecule has 0 aliphatic carbocycles.